The van der Waals surface area contributed by atoms with Crippen molar-refractivity contribution in [3.8, 4) is 0 Å². The molecule has 1 aromatic heterocycles. The SMILES string of the molecule is O=C(COC1CCCCC1)Nc1ncc(Cc2ccc(F)c(F)c2)s1. The molecule has 0 unspecified atom stereocenters. The zero-order chi connectivity index (χ0) is 17.6. The molecule has 25 heavy (non-hydrogen) atoms. The number of rotatable bonds is 6. The molecule has 3 rings (SSSR count). The lowest BCUT2D eigenvalue weighted by Crippen LogP contribution is -2.24. The fourth-order valence-electron chi connectivity index (χ4n) is 2.88. The second-order valence-corrected chi connectivity index (χ2v) is 7.29. The molecule has 7 heteroatoms. The van der Waals surface area contributed by atoms with Gasteiger partial charge >= 0.3 is 0 Å². The zero-order valence-corrected chi connectivity index (χ0v) is 14.6. The van der Waals surface area contributed by atoms with E-state index in [1.807, 2.05) is 0 Å². The number of carbonyl (C=O) groups excluding carboxylic acids is 1. The van der Waals surface area contributed by atoms with Crippen molar-refractivity contribution in [2.45, 2.75) is 44.6 Å². The van der Waals surface area contributed by atoms with E-state index in [4.69, 9.17) is 4.74 Å². The summed E-state index contributed by atoms with van der Waals surface area (Å²) in [4.78, 5) is 17.0. The number of nitrogens with one attached hydrogen (secondary N) is 1. The Bertz CT molecular complexity index is 730. The van der Waals surface area contributed by atoms with Gasteiger partial charge in [0.2, 0.25) is 0 Å². The molecular weight excluding hydrogens is 346 g/mol. The Balaban J connectivity index is 1.48. The number of benzene rings is 1. The van der Waals surface area contributed by atoms with Gasteiger partial charge in [-0.1, -0.05) is 25.3 Å². The highest BCUT2D eigenvalue weighted by Crippen LogP contribution is 2.23. The Kier molecular flexibility index (Phi) is 6.09. The lowest BCUT2D eigenvalue weighted by Gasteiger charge is -2.21. The number of aromatic nitrogens is 1. The summed E-state index contributed by atoms with van der Waals surface area (Å²) in [6.45, 7) is 0.0305. The Morgan fingerprint density at radius 1 is 1.24 bits per heavy atom. The van der Waals surface area contributed by atoms with Crippen molar-refractivity contribution >= 4 is 22.4 Å². The number of halogens is 2. The summed E-state index contributed by atoms with van der Waals surface area (Å²) in [5, 5.41) is 3.20. The fraction of sp³-hybridized carbons (Fsp3) is 0.444. The average molecular weight is 366 g/mol. The highest BCUT2D eigenvalue weighted by Gasteiger charge is 2.16. The van der Waals surface area contributed by atoms with Crippen LogP contribution in [0.2, 0.25) is 0 Å². The molecule has 1 N–H and O–H groups in total. The molecule has 0 atom stereocenters. The third-order valence-corrected chi connectivity index (χ3v) is 5.08. The molecule has 4 nitrogen and oxygen atoms in total. The van der Waals surface area contributed by atoms with Gasteiger partial charge in [0.25, 0.3) is 5.91 Å². The van der Waals surface area contributed by atoms with E-state index in [2.05, 4.69) is 10.3 Å². The van der Waals surface area contributed by atoms with Crippen molar-refractivity contribution in [3.05, 3.63) is 46.5 Å². The average Bonchev–Trinajstić information content (AvgIpc) is 3.04. The third kappa shape index (κ3) is 5.31. The number of ether oxygens (including phenoxy) is 1. The minimum atomic E-state index is -0.865. The van der Waals surface area contributed by atoms with E-state index in [1.54, 1.807) is 6.20 Å². The van der Waals surface area contributed by atoms with Gasteiger partial charge in [-0.3, -0.25) is 10.1 Å². The van der Waals surface area contributed by atoms with E-state index < -0.39 is 11.6 Å². The molecule has 1 fully saturated rings. The first-order chi connectivity index (χ1) is 12.1. The minimum Gasteiger partial charge on any atom is -0.368 e. The molecule has 0 aliphatic heterocycles. The molecule has 0 bridgehead atoms. The quantitative estimate of drug-likeness (QED) is 0.829. The standard InChI is InChI=1S/C18H20F2N2O2S/c19-15-7-6-12(9-16(15)20)8-14-10-21-18(25-14)22-17(23)11-24-13-4-2-1-3-5-13/h6-7,9-10,13H,1-5,8,11H2,(H,21,22,23). The maximum absolute atomic E-state index is 13.2. The van der Waals surface area contributed by atoms with Gasteiger partial charge in [-0.15, -0.1) is 11.3 Å². The highest BCUT2D eigenvalue weighted by molar-refractivity contribution is 7.15. The summed E-state index contributed by atoms with van der Waals surface area (Å²) >= 11 is 1.31. The molecule has 0 spiro atoms. The molecule has 1 aromatic carbocycles. The van der Waals surface area contributed by atoms with Crippen molar-refractivity contribution in [1.29, 1.82) is 0 Å². The van der Waals surface area contributed by atoms with Gasteiger partial charge in [-0.25, -0.2) is 13.8 Å². The van der Waals surface area contributed by atoms with E-state index in [-0.39, 0.29) is 18.6 Å². The van der Waals surface area contributed by atoms with Gasteiger partial charge in [0.1, 0.15) is 6.61 Å². The molecule has 134 valence electrons. The fourth-order valence-corrected chi connectivity index (χ4v) is 3.74. The first-order valence-electron chi connectivity index (χ1n) is 8.40. The number of carbonyl (C=O) groups is 1. The van der Waals surface area contributed by atoms with Crippen LogP contribution in [0.15, 0.2) is 24.4 Å². The maximum Gasteiger partial charge on any atom is 0.252 e. The Hall–Kier alpha value is -1.86. The lowest BCUT2D eigenvalue weighted by atomic mass is 9.98. The summed E-state index contributed by atoms with van der Waals surface area (Å²) < 4.78 is 31.8. The third-order valence-electron chi connectivity index (χ3n) is 4.16. The Labute approximate surface area is 149 Å². The molecule has 0 radical (unpaired) electrons. The van der Waals surface area contributed by atoms with Crippen molar-refractivity contribution in [2.24, 2.45) is 0 Å². The predicted octanol–water partition coefficient (Wildman–Crippen LogP) is 4.30. The van der Waals surface area contributed by atoms with Crippen LogP contribution >= 0.6 is 11.3 Å². The number of amides is 1. The molecule has 0 saturated heterocycles. The second-order valence-electron chi connectivity index (χ2n) is 6.18. The number of thiazole rings is 1. The van der Waals surface area contributed by atoms with Crippen LogP contribution in [0.5, 0.6) is 0 Å². The Morgan fingerprint density at radius 2 is 2.04 bits per heavy atom. The van der Waals surface area contributed by atoms with Gasteiger partial charge < -0.3 is 4.74 Å². The van der Waals surface area contributed by atoms with Crippen molar-refractivity contribution in [2.75, 3.05) is 11.9 Å². The van der Waals surface area contributed by atoms with E-state index in [1.165, 1.54) is 29.9 Å². The zero-order valence-electron chi connectivity index (χ0n) is 13.8. The molecule has 1 saturated carbocycles. The number of nitrogens with zero attached hydrogens (tertiary/aromatic N) is 1. The summed E-state index contributed by atoms with van der Waals surface area (Å²) in [5.74, 6) is -1.95. The number of anilines is 1. The van der Waals surface area contributed by atoms with Crippen LogP contribution in [0.4, 0.5) is 13.9 Å². The summed E-state index contributed by atoms with van der Waals surface area (Å²) in [6, 6.07) is 3.82. The number of hydrogen-bond acceptors (Lipinski definition) is 4. The summed E-state index contributed by atoms with van der Waals surface area (Å²) in [7, 11) is 0. The minimum absolute atomic E-state index is 0.0305. The van der Waals surface area contributed by atoms with Gasteiger partial charge in [0.15, 0.2) is 16.8 Å². The van der Waals surface area contributed by atoms with Crippen LogP contribution in [0, 0.1) is 11.6 Å². The van der Waals surface area contributed by atoms with E-state index in [9.17, 15) is 13.6 Å². The molecule has 1 aliphatic carbocycles. The predicted molar refractivity (Wildman–Crippen MR) is 92.7 cm³/mol. The Morgan fingerprint density at radius 3 is 2.80 bits per heavy atom. The first-order valence-corrected chi connectivity index (χ1v) is 9.22. The molecule has 1 heterocycles. The van der Waals surface area contributed by atoms with E-state index in [0.717, 1.165) is 36.6 Å². The molecular formula is C18H20F2N2O2S. The van der Waals surface area contributed by atoms with Gasteiger partial charge in [-0.2, -0.15) is 0 Å². The van der Waals surface area contributed by atoms with Gasteiger partial charge in [0, 0.05) is 17.5 Å². The van der Waals surface area contributed by atoms with Crippen molar-refractivity contribution in [3.63, 3.8) is 0 Å². The topological polar surface area (TPSA) is 51.2 Å². The van der Waals surface area contributed by atoms with Crippen molar-refractivity contribution in [1.82, 2.24) is 4.98 Å². The van der Waals surface area contributed by atoms with Crippen LogP contribution in [-0.2, 0) is 16.0 Å². The summed E-state index contributed by atoms with van der Waals surface area (Å²) in [6.07, 6.45) is 7.84. The van der Waals surface area contributed by atoms with Crippen molar-refractivity contribution < 1.29 is 18.3 Å². The molecule has 1 aliphatic rings. The van der Waals surface area contributed by atoms with Crippen LogP contribution in [0.25, 0.3) is 0 Å². The van der Waals surface area contributed by atoms with E-state index >= 15 is 0 Å². The smallest absolute Gasteiger partial charge is 0.252 e. The molecule has 1 amide bonds. The summed E-state index contributed by atoms with van der Waals surface area (Å²) in [5.41, 5.74) is 0.654. The highest BCUT2D eigenvalue weighted by atomic mass is 32.1. The van der Waals surface area contributed by atoms with Crippen LogP contribution in [0.3, 0.4) is 0 Å². The maximum atomic E-state index is 13.2. The number of hydrogen-bond donors (Lipinski definition) is 1. The second kappa shape index (κ2) is 8.49. The largest absolute Gasteiger partial charge is 0.368 e. The van der Waals surface area contributed by atoms with Gasteiger partial charge in [-0.05, 0) is 30.5 Å². The molecule has 2 aromatic rings. The van der Waals surface area contributed by atoms with Crippen LogP contribution < -0.4 is 5.32 Å². The van der Waals surface area contributed by atoms with Crippen LogP contribution in [0.1, 0.15) is 42.5 Å². The van der Waals surface area contributed by atoms with E-state index in [0.29, 0.717) is 17.1 Å². The normalized spacial score (nSPS) is 15.3. The first kappa shape index (κ1) is 17.9. The lowest BCUT2D eigenvalue weighted by molar-refractivity contribution is -0.123. The monoisotopic (exact) mass is 366 g/mol. The van der Waals surface area contributed by atoms with Crippen LogP contribution in [-0.4, -0.2) is 23.6 Å². The van der Waals surface area contributed by atoms with Gasteiger partial charge in [0.05, 0.1) is 6.10 Å².